The van der Waals surface area contributed by atoms with Crippen LogP contribution >= 0.6 is 0 Å². The topological polar surface area (TPSA) is 37.0 Å². The molecule has 174 valence electrons. The van der Waals surface area contributed by atoms with E-state index >= 15 is 0 Å². The van der Waals surface area contributed by atoms with Crippen molar-refractivity contribution in [2.75, 3.05) is 79.5 Å². The smallest absolute Gasteiger partial charge is 0.0113 e. The van der Waals surface area contributed by atoms with Gasteiger partial charge in [-0.1, -0.05) is 6.42 Å². The summed E-state index contributed by atoms with van der Waals surface area (Å²) in [5, 5.41) is 6.99. The second-order valence-electron chi connectivity index (χ2n) is 10.4. The molecule has 0 aromatic rings. The van der Waals surface area contributed by atoms with Crippen LogP contribution in [0.15, 0.2) is 0 Å². The lowest BCUT2D eigenvalue weighted by Crippen LogP contribution is -2.55. The van der Waals surface area contributed by atoms with Crippen LogP contribution in [0.4, 0.5) is 0 Å². The molecule has 2 aliphatic carbocycles. The van der Waals surface area contributed by atoms with Crippen molar-refractivity contribution < 1.29 is 0 Å². The first-order valence-electron chi connectivity index (χ1n) is 13.0. The van der Waals surface area contributed by atoms with Gasteiger partial charge in [0.25, 0.3) is 0 Å². The third-order valence-electron chi connectivity index (χ3n) is 8.74. The molecule has 2 aliphatic heterocycles. The third kappa shape index (κ3) is 6.17. The molecular formula is C24H48N6. The van der Waals surface area contributed by atoms with Crippen LogP contribution in [0.5, 0.6) is 0 Å². The standard InChI is InChI=1S/C24H48N6/c1-25-21-6-8-23(9-7-21)29-16-12-27(13-17-29)10-11-28-14-18-30(19-15-28)24-5-3-4-22(20-24)26-2/h21-26H,3-20H2,1-2H3. The molecule has 2 atom stereocenters. The van der Waals surface area contributed by atoms with Crippen LogP contribution in [0.2, 0.25) is 0 Å². The molecule has 0 bridgehead atoms. The van der Waals surface area contributed by atoms with E-state index in [1.165, 1.54) is 117 Å². The second-order valence-corrected chi connectivity index (χ2v) is 10.4. The molecule has 6 heteroatoms. The number of nitrogens with one attached hydrogen (secondary N) is 2. The maximum atomic E-state index is 3.52. The molecule has 4 rings (SSSR count). The summed E-state index contributed by atoms with van der Waals surface area (Å²) in [6.07, 6.45) is 11.1. The van der Waals surface area contributed by atoms with Crippen LogP contribution in [0.3, 0.4) is 0 Å². The molecule has 0 amide bonds. The third-order valence-corrected chi connectivity index (χ3v) is 8.74. The van der Waals surface area contributed by atoms with Gasteiger partial charge in [0.15, 0.2) is 0 Å². The molecule has 0 aromatic heterocycles. The van der Waals surface area contributed by atoms with Gasteiger partial charge >= 0.3 is 0 Å². The Morgan fingerprint density at radius 2 is 1.10 bits per heavy atom. The van der Waals surface area contributed by atoms with E-state index in [0.29, 0.717) is 0 Å². The number of nitrogens with zero attached hydrogens (tertiary/aromatic N) is 4. The lowest BCUT2D eigenvalue weighted by molar-refractivity contribution is 0.0505. The normalized spacial score (nSPS) is 36.2. The Balaban J connectivity index is 1.09. The largest absolute Gasteiger partial charge is 0.317 e. The van der Waals surface area contributed by atoms with Crippen molar-refractivity contribution in [3.63, 3.8) is 0 Å². The zero-order chi connectivity index (χ0) is 20.8. The summed E-state index contributed by atoms with van der Waals surface area (Å²) in [5.41, 5.74) is 0. The van der Waals surface area contributed by atoms with E-state index in [2.05, 4.69) is 44.3 Å². The predicted molar refractivity (Wildman–Crippen MR) is 126 cm³/mol. The number of hydrogen-bond acceptors (Lipinski definition) is 6. The SMILES string of the molecule is CNC1CCC(N2CCN(CCN3CCN(C4CCCC(NC)C4)CC3)CC2)CC1. The van der Waals surface area contributed by atoms with Gasteiger partial charge in [0.1, 0.15) is 0 Å². The van der Waals surface area contributed by atoms with E-state index in [9.17, 15) is 0 Å². The number of hydrogen-bond donors (Lipinski definition) is 2. The first-order chi connectivity index (χ1) is 14.7. The summed E-state index contributed by atoms with van der Waals surface area (Å²) in [5.74, 6) is 0. The van der Waals surface area contributed by atoms with Gasteiger partial charge in [-0.15, -0.1) is 0 Å². The molecule has 2 saturated carbocycles. The van der Waals surface area contributed by atoms with E-state index in [0.717, 1.165) is 24.2 Å². The molecule has 2 N–H and O–H groups in total. The fourth-order valence-electron chi connectivity index (χ4n) is 6.47. The maximum Gasteiger partial charge on any atom is 0.0113 e. The van der Waals surface area contributed by atoms with Crippen LogP contribution in [-0.4, -0.2) is 123 Å². The van der Waals surface area contributed by atoms with E-state index in [-0.39, 0.29) is 0 Å². The molecular weight excluding hydrogens is 372 g/mol. The van der Waals surface area contributed by atoms with E-state index in [1.807, 2.05) is 0 Å². The molecule has 30 heavy (non-hydrogen) atoms. The first kappa shape index (κ1) is 22.9. The van der Waals surface area contributed by atoms with Crippen molar-refractivity contribution in [1.29, 1.82) is 0 Å². The highest BCUT2D eigenvalue weighted by Crippen LogP contribution is 2.25. The minimum atomic E-state index is 0.749. The quantitative estimate of drug-likeness (QED) is 0.646. The van der Waals surface area contributed by atoms with Gasteiger partial charge in [0, 0.05) is 89.6 Å². The van der Waals surface area contributed by atoms with Crippen LogP contribution < -0.4 is 10.6 Å². The lowest BCUT2D eigenvalue weighted by atomic mass is 9.89. The van der Waals surface area contributed by atoms with Crippen LogP contribution in [0.1, 0.15) is 51.4 Å². The molecule has 4 aliphatic rings. The summed E-state index contributed by atoms with van der Waals surface area (Å²) in [7, 11) is 4.26. The van der Waals surface area contributed by atoms with Crippen LogP contribution in [0.25, 0.3) is 0 Å². The molecule has 4 fully saturated rings. The molecule has 2 saturated heterocycles. The molecule has 2 unspecified atom stereocenters. The first-order valence-corrected chi connectivity index (χ1v) is 13.0. The minimum absolute atomic E-state index is 0.749. The molecule has 0 radical (unpaired) electrons. The van der Waals surface area contributed by atoms with Gasteiger partial charge in [-0.05, 0) is 59.0 Å². The lowest BCUT2D eigenvalue weighted by Gasteiger charge is -2.44. The summed E-state index contributed by atoms with van der Waals surface area (Å²) in [4.78, 5) is 11.0. The Kier molecular flexibility index (Phi) is 8.85. The number of rotatable bonds is 7. The monoisotopic (exact) mass is 420 g/mol. The van der Waals surface area contributed by atoms with E-state index in [1.54, 1.807) is 0 Å². The maximum absolute atomic E-state index is 3.52. The Bertz CT molecular complexity index is 478. The van der Waals surface area contributed by atoms with Crippen molar-refractivity contribution in [2.45, 2.75) is 75.5 Å². The van der Waals surface area contributed by atoms with Gasteiger partial charge in [0.05, 0.1) is 0 Å². The summed E-state index contributed by atoms with van der Waals surface area (Å²) in [6, 6.07) is 3.20. The summed E-state index contributed by atoms with van der Waals surface area (Å²) >= 11 is 0. The summed E-state index contributed by atoms with van der Waals surface area (Å²) < 4.78 is 0. The Hall–Kier alpha value is -0.240. The second kappa shape index (κ2) is 11.6. The van der Waals surface area contributed by atoms with Crippen molar-refractivity contribution in [3.05, 3.63) is 0 Å². The molecule has 0 spiro atoms. The average Bonchev–Trinajstić information content (AvgIpc) is 2.83. The fraction of sp³-hybridized carbons (Fsp3) is 1.00. The fourth-order valence-corrected chi connectivity index (χ4v) is 6.47. The van der Waals surface area contributed by atoms with Crippen LogP contribution in [-0.2, 0) is 0 Å². The van der Waals surface area contributed by atoms with Crippen molar-refractivity contribution in [2.24, 2.45) is 0 Å². The van der Waals surface area contributed by atoms with Crippen molar-refractivity contribution in [1.82, 2.24) is 30.2 Å². The highest BCUT2D eigenvalue weighted by atomic mass is 15.3. The average molecular weight is 421 g/mol. The van der Waals surface area contributed by atoms with Crippen LogP contribution in [0, 0.1) is 0 Å². The van der Waals surface area contributed by atoms with Gasteiger partial charge in [-0.25, -0.2) is 0 Å². The van der Waals surface area contributed by atoms with Gasteiger partial charge in [-0.2, -0.15) is 0 Å². The highest BCUT2D eigenvalue weighted by molar-refractivity contribution is 4.87. The van der Waals surface area contributed by atoms with Crippen molar-refractivity contribution >= 4 is 0 Å². The summed E-state index contributed by atoms with van der Waals surface area (Å²) in [6.45, 7) is 12.8. The Morgan fingerprint density at radius 1 is 0.567 bits per heavy atom. The predicted octanol–water partition coefficient (Wildman–Crippen LogP) is 1.28. The molecule has 6 nitrogen and oxygen atoms in total. The highest BCUT2D eigenvalue weighted by Gasteiger charge is 2.30. The molecule has 2 heterocycles. The van der Waals surface area contributed by atoms with Crippen molar-refractivity contribution in [3.8, 4) is 0 Å². The zero-order valence-electron chi connectivity index (χ0n) is 19.8. The van der Waals surface area contributed by atoms with Gasteiger partial charge in [-0.3, -0.25) is 19.6 Å². The Morgan fingerprint density at radius 3 is 1.63 bits per heavy atom. The minimum Gasteiger partial charge on any atom is -0.317 e. The molecule has 0 aromatic carbocycles. The van der Waals surface area contributed by atoms with Gasteiger partial charge in [0.2, 0.25) is 0 Å². The van der Waals surface area contributed by atoms with E-state index in [4.69, 9.17) is 0 Å². The Labute approximate surface area is 185 Å². The van der Waals surface area contributed by atoms with E-state index < -0.39 is 0 Å². The van der Waals surface area contributed by atoms with Gasteiger partial charge < -0.3 is 10.6 Å². The zero-order valence-corrected chi connectivity index (χ0v) is 19.8. The number of piperazine rings is 2.